The maximum absolute atomic E-state index is 12.1. The number of hydrogen-bond donors (Lipinski definition) is 0. The lowest BCUT2D eigenvalue weighted by molar-refractivity contribution is 0.00152. The van der Waals surface area contributed by atoms with Crippen molar-refractivity contribution in [3.63, 3.8) is 0 Å². The van der Waals surface area contributed by atoms with E-state index in [4.69, 9.17) is 9.47 Å². The van der Waals surface area contributed by atoms with Gasteiger partial charge in [0.2, 0.25) is 0 Å². The lowest BCUT2D eigenvalue weighted by Gasteiger charge is -2.37. The third-order valence-corrected chi connectivity index (χ3v) is 4.65. The number of ether oxygens (including phenoxy) is 2. The van der Waals surface area contributed by atoms with E-state index in [0.717, 1.165) is 19.7 Å². The SMILES string of the molecule is C[C@H]1C[C@H]2CN(C(=O)OC(C)(C)C)CC1C21CO1. The highest BCUT2D eigenvalue weighted by Crippen LogP contribution is 2.57. The zero-order valence-corrected chi connectivity index (χ0v) is 11.7. The second-order valence-corrected chi connectivity index (χ2v) is 7.15. The van der Waals surface area contributed by atoms with Crippen LogP contribution < -0.4 is 0 Å². The minimum absolute atomic E-state index is 0.123. The fourth-order valence-corrected chi connectivity index (χ4v) is 3.75. The molecule has 1 amide bonds. The van der Waals surface area contributed by atoms with Crippen molar-refractivity contribution >= 4 is 6.09 Å². The molecule has 18 heavy (non-hydrogen) atoms. The molecule has 1 spiro atoms. The molecule has 4 heteroatoms. The molecule has 1 aliphatic carbocycles. The predicted octanol–water partition coefficient (Wildman–Crippen LogP) is 2.28. The molecule has 3 fully saturated rings. The van der Waals surface area contributed by atoms with Gasteiger partial charge in [-0.1, -0.05) is 6.92 Å². The smallest absolute Gasteiger partial charge is 0.410 e. The van der Waals surface area contributed by atoms with Crippen molar-refractivity contribution in [3.8, 4) is 0 Å². The van der Waals surface area contributed by atoms with Crippen LogP contribution in [0.5, 0.6) is 0 Å². The zero-order chi connectivity index (χ0) is 13.1. The first-order valence-electron chi connectivity index (χ1n) is 6.94. The van der Waals surface area contributed by atoms with Gasteiger partial charge in [0.05, 0.1) is 6.61 Å². The van der Waals surface area contributed by atoms with E-state index < -0.39 is 5.60 Å². The first-order valence-corrected chi connectivity index (χ1v) is 6.94. The van der Waals surface area contributed by atoms with E-state index in [9.17, 15) is 4.79 Å². The summed E-state index contributed by atoms with van der Waals surface area (Å²) >= 11 is 0. The fraction of sp³-hybridized carbons (Fsp3) is 0.929. The lowest BCUT2D eigenvalue weighted by atomic mass is 9.84. The molecule has 102 valence electrons. The zero-order valence-electron chi connectivity index (χ0n) is 11.7. The Balaban J connectivity index is 1.70. The van der Waals surface area contributed by atoms with Gasteiger partial charge in [-0.2, -0.15) is 0 Å². The number of amides is 1. The lowest BCUT2D eigenvalue weighted by Crippen LogP contribution is -2.51. The van der Waals surface area contributed by atoms with Crippen LogP contribution in [0.3, 0.4) is 0 Å². The van der Waals surface area contributed by atoms with E-state index >= 15 is 0 Å². The van der Waals surface area contributed by atoms with Gasteiger partial charge >= 0.3 is 6.09 Å². The molecule has 4 nitrogen and oxygen atoms in total. The van der Waals surface area contributed by atoms with Crippen molar-refractivity contribution in [1.82, 2.24) is 4.90 Å². The molecule has 2 bridgehead atoms. The number of rotatable bonds is 0. The maximum Gasteiger partial charge on any atom is 0.410 e. The third kappa shape index (κ3) is 1.81. The highest BCUT2D eigenvalue weighted by atomic mass is 16.6. The Bertz CT molecular complexity index is 370. The van der Waals surface area contributed by atoms with Crippen LogP contribution >= 0.6 is 0 Å². The topological polar surface area (TPSA) is 42.1 Å². The highest BCUT2D eigenvalue weighted by molar-refractivity contribution is 5.68. The van der Waals surface area contributed by atoms with Gasteiger partial charge < -0.3 is 14.4 Å². The Morgan fingerprint density at radius 2 is 2.06 bits per heavy atom. The first-order chi connectivity index (χ1) is 8.32. The number of likely N-dealkylation sites (tertiary alicyclic amines) is 1. The predicted molar refractivity (Wildman–Crippen MR) is 67.3 cm³/mol. The van der Waals surface area contributed by atoms with Crippen molar-refractivity contribution < 1.29 is 14.3 Å². The molecule has 2 saturated heterocycles. The van der Waals surface area contributed by atoms with Gasteiger partial charge in [-0.15, -0.1) is 0 Å². The van der Waals surface area contributed by atoms with Crippen LogP contribution in [0.1, 0.15) is 34.1 Å². The molecular weight excluding hydrogens is 230 g/mol. The summed E-state index contributed by atoms with van der Waals surface area (Å²) in [6.07, 6.45) is 1.02. The van der Waals surface area contributed by atoms with Crippen LogP contribution in [0.2, 0.25) is 0 Å². The molecule has 3 rings (SSSR count). The average molecular weight is 253 g/mol. The highest BCUT2D eigenvalue weighted by Gasteiger charge is 2.66. The molecular formula is C14H23NO3. The van der Waals surface area contributed by atoms with Crippen LogP contribution in [0, 0.1) is 17.8 Å². The van der Waals surface area contributed by atoms with Gasteiger partial charge in [0.15, 0.2) is 0 Å². The maximum atomic E-state index is 12.1. The fourth-order valence-electron chi connectivity index (χ4n) is 3.75. The third-order valence-electron chi connectivity index (χ3n) is 4.65. The Hall–Kier alpha value is -0.770. The normalized spacial score (nSPS) is 42.2. The first kappa shape index (κ1) is 12.3. The van der Waals surface area contributed by atoms with Gasteiger partial charge in [-0.3, -0.25) is 0 Å². The van der Waals surface area contributed by atoms with Gasteiger partial charge in [-0.05, 0) is 33.1 Å². The quantitative estimate of drug-likeness (QED) is 0.622. The Labute approximate surface area is 109 Å². The summed E-state index contributed by atoms with van der Waals surface area (Å²) in [4.78, 5) is 14.0. The van der Waals surface area contributed by atoms with Crippen LogP contribution in [-0.2, 0) is 9.47 Å². The standard InChI is InChI=1S/C14H23NO3/c1-9-5-10-6-15(12(16)18-13(2,3)4)7-11(9)14(10)8-17-14/h9-11H,5-8H2,1-4H3/t9-,10-,11?,14?/m0/s1. The molecule has 2 unspecified atom stereocenters. The number of carbonyl (C=O) groups excluding carboxylic acids is 1. The van der Waals surface area contributed by atoms with Gasteiger partial charge in [0, 0.05) is 24.9 Å². The van der Waals surface area contributed by atoms with Crippen LogP contribution in [0.4, 0.5) is 4.79 Å². The van der Waals surface area contributed by atoms with Gasteiger partial charge in [0.1, 0.15) is 11.2 Å². The second-order valence-electron chi connectivity index (χ2n) is 7.15. The minimum atomic E-state index is -0.410. The Morgan fingerprint density at radius 1 is 1.39 bits per heavy atom. The Kier molecular flexibility index (Phi) is 2.47. The Morgan fingerprint density at radius 3 is 2.56 bits per heavy atom. The van der Waals surface area contributed by atoms with Crippen LogP contribution in [0.15, 0.2) is 0 Å². The van der Waals surface area contributed by atoms with E-state index in [1.54, 1.807) is 0 Å². The van der Waals surface area contributed by atoms with E-state index in [1.165, 1.54) is 6.42 Å². The molecule has 2 aliphatic heterocycles. The van der Waals surface area contributed by atoms with E-state index in [0.29, 0.717) is 17.8 Å². The molecule has 4 atom stereocenters. The van der Waals surface area contributed by atoms with Crippen molar-refractivity contribution in [1.29, 1.82) is 0 Å². The number of nitrogens with zero attached hydrogens (tertiary/aromatic N) is 1. The monoisotopic (exact) mass is 253 g/mol. The number of piperidine rings is 1. The largest absolute Gasteiger partial charge is 0.444 e. The molecule has 3 aliphatic rings. The molecule has 0 N–H and O–H groups in total. The number of epoxide rings is 1. The van der Waals surface area contributed by atoms with Crippen molar-refractivity contribution in [3.05, 3.63) is 0 Å². The number of hydrogen-bond acceptors (Lipinski definition) is 3. The molecule has 2 heterocycles. The second kappa shape index (κ2) is 3.62. The van der Waals surface area contributed by atoms with Gasteiger partial charge in [0.25, 0.3) is 0 Å². The summed E-state index contributed by atoms with van der Waals surface area (Å²) in [6, 6.07) is 0. The molecule has 1 saturated carbocycles. The van der Waals surface area contributed by atoms with E-state index in [-0.39, 0.29) is 11.7 Å². The van der Waals surface area contributed by atoms with Crippen molar-refractivity contribution in [2.24, 2.45) is 17.8 Å². The summed E-state index contributed by atoms with van der Waals surface area (Å²) in [5.41, 5.74) is -0.287. The number of carbonyl (C=O) groups is 1. The molecule has 0 aromatic rings. The summed E-state index contributed by atoms with van der Waals surface area (Å²) in [7, 11) is 0. The van der Waals surface area contributed by atoms with Crippen LogP contribution in [0.25, 0.3) is 0 Å². The summed E-state index contributed by atoms with van der Waals surface area (Å²) in [6.45, 7) is 10.5. The van der Waals surface area contributed by atoms with Crippen molar-refractivity contribution in [2.45, 2.75) is 45.3 Å². The summed E-state index contributed by atoms with van der Waals surface area (Å²) in [5, 5.41) is 0. The molecule has 0 aromatic heterocycles. The van der Waals surface area contributed by atoms with Crippen LogP contribution in [-0.4, -0.2) is 41.9 Å². The van der Waals surface area contributed by atoms with E-state index in [1.807, 2.05) is 25.7 Å². The summed E-state index contributed by atoms with van der Waals surface area (Å²) < 4.78 is 11.2. The van der Waals surface area contributed by atoms with Gasteiger partial charge in [-0.25, -0.2) is 4.79 Å². The summed E-state index contributed by atoms with van der Waals surface area (Å²) in [5.74, 6) is 1.67. The average Bonchev–Trinajstić information content (AvgIpc) is 2.95. The minimum Gasteiger partial charge on any atom is -0.444 e. The molecule has 0 radical (unpaired) electrons. The molecule has 0 aromatic carbocycles. The van der Waals surface area contributed by atoms with Crippen molar-refractivity contribution in [2.75, 3.05) is 19.7 Å². The van der Waals surface area contributed by atoms with E-state index in [2.05, 4.69) is 6.92 Å².